The van der Waals surface area contributed by atoms with Crippen LogP contribution >= 0.6 is 0 Å². The molecule has 0 saturated heterocycles. The average Bonchev–Trinajstić information content (AvgIpc) is 2.29. The highest BCUT2D eigenvalue weighted by Gasteiger charge is 2.17. The lowest BCUT2D eigenvalue weighted by Gasteiger charge is -2.23. The van der Waals surface area contributed by atoms with Gasteiger partial charge in [0.05, 0.1) is 0 Å². The third-order valence-corrected chi connectivity index (χ3v) is 3.02. The summed E-state index contributed by atoms with van der Waals surface area (Å²) in [4.78, 5) is 0. The van der Waals surface area contributed by atoms with E-state index in [1.54, 1.807) is 6.07 Å². The molecule has 1 aliphatic carbocycles. The van der Waals surface area contributed by atoms with E-state index in [-0.39, 0.29) is 0 Å². The van der Waals surface area contributed by atoms with Crippen LogP contribution in [0.2, 0.25) is 0 Å². The molecule has 0 saturated carbocycles. The number of hydrogen-bond acceptors (Lipinski definition) is 2. The first-order valence-electron chi connectivity index (χ1n) is 5.51. The maximum atomic E-state index is 9.44. The first-order valence-corrected chi connectivity index (χ1v) is 5.51. The number of rotatable bonds is 2. The second-order valence-corrected chi connectivity index (χ2v) is 4.07. The van der Waals surface area contributed by atoms with E-state index in [1.165, 1.54) is 12.0 Å². The van der Waals surface area contributed by atoms with Crippen LogP contribution in [0.3, 0.4) is 0 Å². The van der Waals surface area contributed by atoms with Gasteiger partial charge in [-0.05, 0) is 55.0 Å². The molecule has 0 radical (unpaired) electrons. The number of aromatic hydroxyl groups is 1. The Hall–Kier alpha value is -1.28. The van der Waals surface area contributed by atoms with Gasteiger partial charge in [-0.3, -0.25) is 0 Å². The lowest BCUT2D eigenvalue weighted by molar-refractivity contribution is 0.475. The number of phenols is 1. The van der Waals surface area contributed by atoms with Crippen molar-refractivity contribution in [2.45, 2.75) is 19.3 Å². The number of phenolic OH excluding ortho intramolecular Hbond substituents is 1. The normalized spacial score (nSPS) is 21.1. The van der Waals surface area contributed by atoms with Gasteiger partial charge in [0.15, 0.2) is 0 Å². The van der Waals surface area contributed by atoms with Crippen LogP contribution in [0.25, 0.3) is 5.57 Å². The zero-order valence-corrected chi connectivity index (χ0v) is 8.82. The predicted molar refractivity (Wildman–Crippen MR) is 62.5 cm³/mol. The number of benzene rings is 1. The minimum Gasteiger partial charge on any atom is -0.508 e. The second kappa shape index (κ2) is 4.49. The van der Waals surface area contributed by atoms with E-state index in [0.29, 0.717) is 18.2 Å². The Bertz CT molecular complexity index is 371. The Kier molecular flexibility index (Phi) is 3.07. The van der Waals surface area contributed by atoms with E-state index >= 15 is 0 Å². The quantitative estimate of drug-likeness (QED) is 0.776. The maximum absolute atomic E-state index is 9.44. The molecule has 2 nitrogen and oxygen atoms in total. The largest absolute Gasteiger partial charge is 0.508 e. The molecule has 1 unspecified atom stereocenters. The molecule has 1 aliphatic rings. The Balaban J connectivity index is 2.32. The van der Waals surface area contributed by atoms with Crippen LogP contribution in [0.5, 0.6) is 5.75 Å². The fourth-order valence-corrected chi connectivity index (χ4v) is 2.23. The van der Waals surface area contributed by atoms with Crippen molar-refractivity contribution < 1.29 is 5.11 Å². The van der Waals surface area contributed by atoms with Crippen molar-refractivity contribution >= 4 is 5.57 Å². The Morgan fingerprint density at radius 1 is 1.40 bits per heavy atom. The monoisotopic (exact) mass is 203 g/mol. The first-order chi connectivity index (χ1) is 7.31. The summed E-state index contributed by atoms with van der Waals surface area (Å²) in [5.41, 5.74) is 8.19. The van der Waals surface area contributed by atoms with Gasteiger partial charge in [-0.25, -0.2) is 0 Å². The molecule has 2 rings (SSSR count). The van der Waals surface area contributed by atoms with E-state index < -0.39 is 0 Å². The van der Waals surface area contributed by atoms with Crippen molar-refractivity contribution in [3.05, 3.63) is 35.9 Å². The number of nitrogens with two attached hydrogens (primary N) is 1. The molecule has 2 heteroatoms. The van der Waals surface area contributed by atoms with Crippen molar-refractivity contribution in [1.29, 1.82) is 0 Å². The molecular formula is C13H17NO. The van der Waals surface area contributed by atoms with E-state index in [2.05, 4.69) is 6.08 Å². The number of hydrogen-bond donors (Lipinski definition) is 2. The highest BCUT2D eigenvalue weighted by atomic mass is 16.3. The van der Waals surface area contributed by atoms with Gasteiger partial charge in [0.1, 0.15) is 5.75 Å². The predicted octanol–water partition coefficient (Wildman–Crippen LogP) is 2.53. The van der Waals surface area contributed by atoms with Gasteiger partial charge >= 0.3 is 0 Å². The summed E-state index contributed by atoms with van der Waals surface area (Å²) in [5, 5.41) is 9.44. The van der Waals surface area contributed by atoms with Crippen LogP contribution in [-0.4, -0.2) is 11.7 Å². The Morgan fingerprint density at radius 2 is 2.27 bits per heavy atom. The molecule has 1 aromatic carbocycles. The fourth-order valence-electron chi connectivity index (χ4n) is 2.23. The van der Waals surface area contributed by atoms with Gasteiger partial charge in [0.2, 0.25) is 0 Å². The molecule has 15 heavy (non-hydrogen) atoms. The van der Waals surface area contributed by atoms with Crippen LogP contribution in [0.4, 0.5) is 0 Å². The Morgan fingerprint density at radius 3 is 3.00 bits per heavy atom. The Labute approximate surface area is 90.4 Å². The van der Waals surface area contributed by atoms with Gasteiger partial charge in [-0.15, -0.1) is 0 Å². The lowest BCUT2D eigenvalue weighted by Crippen LogP contribution is -2.18. The van der Waals surface area contributed by atoms with Crippen LogP contribution in [0.1, 0.15) is 24.8 Å². The highest BCUT2D eigenvalue weighted by molar-refractivity contribution is 5.69. The topological polar surface area (TPSA) is 46.2 Å². The smallest absolute Gasteiger partial charge is 0.116 e. The van der Waals surface area contributed by atoms with Gasteiger partial charge < -0.3 is 10.8 Å². The zero-order chi connectivity index (χ0) is 10.7. The average molecular weight is 203 g/mol. The molecule has 0 fully saturated rings. The molecule has 0 bridgehead atoms. The zero-order valence-electron chi connectivity index (χ0n) is 8.82. The number of allylic oxidation sites excluding steroid dienone is 1. The van der Waals surface area contributed by atoms with Gasteiger partial charge in [0.25, 0.3) is 0 Å². The van der Waals surface area contributed by atoms with E-state index in [4.69, 9.17) is 5.73 Å². The fraction of sp³-hybridized carbons (Fsp3) is 0.385. The summed E-state index contributed by atoms with van der Waals surface area (Å²) < 4.78 is 0. The van der Waals surface area contributed by atoms with Gasteiger partial charge in [-0.2, -0.15) is 0 Å². The third-order valence-electron chi connectivity index (χ3n) is 3.02. The molecule has 0 aliphatic heterocycles. The maximum Gasteiger partial charge on any atom is 0.116 e. The molecule has 1 aromatic rings. The molecular weight excluding hydrogens is 186 g/mol. The minimum absolute atomic E-state index is 0.328. The van der Waals surface area contributed by atoms with Crippen molar-refractivity contribution in [2.75, 3.05) is 6.54 Å². The van der Waals surface area contributed by atoms with E-state index in [9.17, 15) is 5.11 Å². The van der Waals surface area contributed by atoms with E-state index in [1.807, 2.05) is 18.2 Å². The molecule has 1 atom stereocenters. The lowest BCUT2D eigenvalue weighted by atomic mass is 9.84. The summed E-state index contributed by atoms with van der Waals surface area (Å²) in [7, 11) is 0. The molecule has 0 amide bonds. The van der Waals surface area contributed by atoms with Gasteiger partial charge in [-0.1, -0.05) is 18.2 Å². The van der Waals surface area contributed by atoms with E-state index in [0.717, 1.165) is 18.4 Å². The first kappa shape index (κ1) is 10.2. The van der Waals surface area contributed by atoms with Crippen LogP contribution < -0.4 is 5.73 Å². The molecule has 0 heterocycles. The summed E-state index contributed by atoms with van der Waals surface area (Å²) in [6.45, 7) is 0.696. The highest BCUT2D eigenvalue weighted by Crippen LogP contribution is 2.32. The van der Waals surface area contributed by atoms with Crippen molar-refractivity contribution in [2.24, 2.45) is 11.7 Å². The molecule has 0 spiro atoms. The standard InChI is InChI=1S/C13H17NO/c14-9-11-4-1-2-7-13(11)10-5-3-6-12(15)8-10/h3,5-8,11,15H,1-2,4,9,14H2. The SMILES string of the molecule is NCC1CCCC=C1c1cccc(O)c1. The molecule has 0 aromatic heterocycles. The molecule has 3 N–H and O–H groups in total. The summed E-state index contributed by atoms with van der Waals surface area (Å²) in [6.07, 6.45) is 5.78. The summed E-state index contributed by atoms with van der Waals surface area (Å²) in [6, 6.07) is 7.44. The minimum atomic E-state index is 0.328. The van der Waals surface area contributed by atoms with Crippen LogP contribution in [0.15, 0.2) is 30.3 Å². The van der Waals surface area contributed by atoms with Crippen LogP contribution in [0, 0.1) is 5.92 Å². The summed E-state index contributed by atoms with van der Waals surface area (Å²) >= 11 is 0. The van der Waals surface area contributed by atoms with Crippen molar-refractivity contribution in [3.8, 4) is 5.75 Å². The third kappa shape index (κ3) is 2.21. The van der Waals surface area contributed by atoms with Crippen molar-refractivity contribution in [1.82, 2.24) is 0 Å². The second-order valence-electron chi connectivity index (χ2n) is 4.07. The van der Waals surface area contributed by atoms with Crippen molar-refractivity contribution in [3.63, 3.8) is 0 Å². The summed E-state index contributed by atoms with van der Waals surface area (Å²) in [5.74, 6) is 0.787. The van der Waals surface area contributed by atoms with Gasteiger partial charge in [0, 0.05) is 0 Å². The van der Waals surface area contributed by atoms with Crippen LogP contribution in [-0.2, 0) is 0 Å². The molecule has 80 valence electrons.